The van der Waals surface area contributed by atoms with E-state index in [0.717, 1.165) is 30.8 Å². The highest BCUT2D eigenvalue weighted by molar-refractivity contribution is 6.00. The maximum absolute atomic E-state index is 12.3. The van der Waals surface area contributed by atoms with Crippen molar-refractivity contribution in [3.63, 3.8) is 0 Å². The fourth-order valence-electron chi connectivity index (χ4n) is 2.09. The number of hydrogen-bond acceptors (Lipinski definition) is 3. The second-order valence-corrected chi connectivity index (χ2v) is 4.43. The number of benzene rings is 1. The lowest BCUT2D eigenvalue weighted by Gasteiger charge is -2.31. The normalized spacial score (nSPS) is 22.0. The summed E-state index contributed by atoms with van der Waals surface area (Å²) in [6.07, 6.45) is 0. The van der Waals surface area contributed by atoms with Gasteiger partial charge in [-0.3, -0.25) is 9.69 Å². The lowest BCUT2D eigenvalue weighted by Crippen LogP contribution is -2.53. The molecule has 1 unspecified atom stereocenters. The zero-order valence-corrected chi connectivity index (χ0v) is 9.86. The second-order valence-electron chi connectivity index (χ2n) is 4.43. The predicted octanol–water partition coefficient (Wildman–Crippen LogP) is 1.08. The van der Waals surface area contributed by atoms with Crippen LogP contribution in [-0.4, -0.2) is 43.4 Å². The number of ketones is 1. The maximum Gasteiger partial charge on any atom is 0.181 e. The average molecular weight is 218 g/mol. The van der Waals surface area contributed by atoms with Gasteiger partial charge in [0.25, 0.3) is 0 Å². The minimum Gasteiger partial charge on any atom is -0.313 e. The number of rotatable bonds is 2. The van der Waals surface area contributed by atoms with Crippen molar-refractivity contribution in [1.82, 2.24) is 10.2 Å². The van der Waals surface area contributed by atoms with Gasteiger partial charge in [-0.1, -0.05) is 23.8 Å². The Kier molecular flexibility index (Phi) is 3.36. The van der Waals surface area contributed by atoms with E-state index in [-0.39, 0.29) is 11.8 Å². The van der Waals surface area contributed by atoms with E-state index in [1.807, 2.05) is 38.2 Å². The molecule has 2 rings (SSSR count). The summed E-state index contributed by atoms with van der Waals surface area (Å²) in [7, 11) is 2.01. The Morgan fingerprint density at radius 3 is 3.00 bits per heavy atom. The van der Waals surface area contributed by atoms with Gasteiger partial charge in [0.2, 0.25) is 0 Å². The van der Waals surface area contributed by atoms with E-state index in [0.29, 0.717) is 0 Å². The molecule has 16 heavy (non-hydrogen) atoms. The zero-order chi connectivity index (χ0) is 11.5. The lowest BCUT2D eigenvalue weighted by molar-refractivity contribution is 0.0819. The summed E-state index contributed by atoms with van der Waals surface area (Å²) in [6.45, 7) is 4.67. The van der Waals surface area contributed by atoms with Crippen LogP contribution >= 0.6 is 0 Å². The van der Waals surface area contributed by atoms with Gasteiger partial charge in [-0.2, -0.15) is 0 Å². The number of piperazine rings is 1. The van der Waals surface area contributed by atoms with Gasteiger partial charge < -0.3 is 5.32 Å². The summed E-state index contributed by atoms with van der Waals surface area (Å²) in [5.41, 5.74) is 1.96. The third kappa shape index (κ3) is 2.31. The van der Waals surface area contributed by atoms with Crippen molar-refractivity contribution >= 4 is 5.78 Å². The molecule has 0 saturated carbocycles. The largest absolute Gasteiger partial charge is 0.313 e. The first-order valence-electron chi connectivity index (χ1n) is 5.70. The highest BCUT2D eigenvalue weighted by atomic mass is 16.1. The summed E-state index contributed by atoms with van der Waals surface area (Å²) in [5.74, 6) is 0.221. The Hall–Kier alpha value is -1.19. The van der Waals surface area contributed by atoms with Crippen molar-refractivity contribution in [3.05, 3.63) is 35.4 Å². The van der Waals surface area contributed by atoms with Gasteiger partial charge in [0, 0.05) is 25.2 Å². The van der Waals surface area contributed by atoms with Gasteiger partial charge in [-0.15, -0.1) is 0 Å². The van der Waals surface area contributed by atoms with Gasteiger partial charge in [0.05, 0.1) is 6.04 Å². The van der Waals surface area contributed by atoms with Crippen LogP contribution in [-0.2, 0) is 0 Å². The van der Waals surface area contributed by atoms with Crippen LogP contribution in [0.2, 0.25) is 0 Å². The molecule has 3 heteroatoms. The molecule has 1 aromatic carbocycles. The van der Waals surface area contributed by atoms with Crippen molar-refractivity contribution in [2.24, 2.45) is 0 Å². The van der Waals surface area contributed by atoms with Crippen LogP contribution in [0.5, 0.6) is 0 Å². The number of aryl methyl sites for hydroxylation is 1. The smallest absolute Gasteiger partial charge is 0.181 e. The quantitative estimate of drug-likeness (QED) is 0.754. The summed E-state index contributed by atoms with van der Waals surface area (Å²) in [6, 6.07) is 7.80. The third-order valence-corrected chi connectivity index (χ3v) is 3.12. The van der Waals surface area contributed by atoms with E-state index in [1.165, 1.54) is 0 Å². The molecule has 1 N–H and O–H groups in total. The van der Waals surface area contributed by atoms with Crippen LogP contribution in [0.3, 0.4) is 0 Å². The Morgan fingerprint density at radius 1 is 1.50 bits per heavy atom. The first-order chi connectivity index (χ1) is 7.68. The zero-order valence-electron chi connectivity index (χ0n) is 9.86. The first kappa shape index (κ1) is 11.3. The fraction of sp³-hybridized carbons (Fsp3) is 0.462. The lowest BCUT2D eigenvalue weighted by atomic mass is 10.0. The average Bonchev–Trinajstić information content (AvgIpc) is 2.29. The van der Waals surface area contributed by atoms with Crippen molar-refractivity contribution in [2.45, 2.75) is 13.0 Å². The van der Waals surface area contributed by atoms with Gasteiger partial charge in [0.1, 0.15) is 0 Å². The molecule has 1 aromatic rings. The molecule has 86 valence electrons. The van der Waals surface area contributed by atoms with Crippen LogP contribution in [0.25, 0.3) is 0 Å². The molecular formula is C13H18N2O. The molecule has 1 fully saturated rings. The van der Waals surface area contributed by atoms with E-state index >= 15 is 0 Å². The molecule has 0 bridgehead atoms. The van der Waals surface area contributed by atoms with E-state index in [1.54, 1.807) is 0 Å². The SMILES string of the molecule is Cc1cccc(C(=O)C2CNCCN2C)c1. The fourth-order valence-corrected chi connectivity index (χ4v) is 2.09. The molecule has 0 amide bonds. The second kappa shape index (κ2) is 4.76. The summed E-state index contributed by atoms with van der Waals surface area (Å²) in [5, 5.41) is 3.27. The molecule has 0 aromatic heterocycles. The number of Topliss-reactive ketones (excluding diaryl/α,β-unsaturated/α-hetero) is 1. The molecule has 1 aliphatic rings. The number of hydrogen-bond donors (Lipinski definition) is 1. The Morgan fingerprint density at radius 2 is 2.31 bits per heavy atom. The molecule has 1 saturated heterocycles. The van der Waals surface area contributed by atoms with Crippen molar-refractivity contribution in [1.29, 1.82) is 0 Å². The van der Waals surface area contributed by atoms with E-state index < -0.39 is 0 Å². The number of nitrogens with zero attached hydrogens (tertiary/aromatic N) is 1. The van der Waals surface area contributed by atoms with E-state index in [9.17, 15) is 4.79 Å². The molecule has 1 atom stereocenters. The van der Waals surface area contributed by atoms with E-state index in [4.69, 9.17) is 0 Å². The van der Waals surface area contributed by atoms with Crippen LogP contribution in [0.1, 0.15) is 15.9 Å². The van der Waals surface area contributed by atoms with Crippen LogP contribution in [0, 0.1) is 6.92 Å². The molecule has 0 radical (unpaired) electrons. The molecule has 0 aliphatic carbocycles. The Labute approximate surface area is 96.5 Å². The van der Waals surface area contributed by atoms with Crippen LogP contribution < -0.4 is 5.32 Å². The molecule has 1 aliphatic heterocycles. The van der Waals surface area contributed by atoms with Gasteiger partial charge in [0.15, 0.2) is 5.78 Å². The molecule has 0 spiro atoms. The van der Waals surface area contributed by atoms with Crippen LogP contribution in [0.15, 0.2) is 24.3 Å². The number of nitrogens with one attached hydrogen (secondary N) is 1. The van der Waals surface area contributed by atoms with Gasteiger partial charge in [-0.25, -0.2) is 0 Å². The van der Waals surface area contributed by atoms with Crippen LogP contribution in [0.4, 0.5) is 0 Å². The standard InChI is InChI=1S/C13H18N2O/c1-10-4-3-5-11(8-10)13(16)12-9-14-6-7-15(12)2/h3-5,8,12,14H,6-7,9H2,1-2H3. The Balaban J connectivity index is 2.17. The highest BCUT2D eigenvalue weighted by Crippen LogP contribution is 2.11. The number of carbonyl (C=O) groups is 1. The minimum atomic E-state index is -0.0180. The van der Waals surface area contributed by atoms with Crippen molar-refractivity contribution in [2.75, 3.05) is 26.7 Å². The summed E-state index contributed by atoms with van der Waals surface area (Å²) in [4.78, 5) is 14.4. The molecular weight excluding hydrogens is 200 g/mol. The maximum atomic E-state index is 12.3. The monoisotopic (exact) mass is 218 g/mol. The number of carbonyl (C=O) groups excluding carboxylic acids is 1. The minimum absolute atomic E-state index is 0.0180. The number of likely N-dealkylation sites (N-methyl/N-ethyl adjacent to an activating group) is 1. The third-order valence-electron chi connectivity index (χ3n) is 3.12. The summed E-state index contributed by atoms with van der Waals surface area (Å²) < 4.78 is 0. The highest BCUT2D eigenvalue weighted by Gasteiger charge is 2.26. The van der Waals surface area contributed by atoms with Crippen molar-refractivity contribution in [3.8, 4) is 0 Å². The van der Waals surface area contributed by atoms with E-state index in [2.05, 4.69) is 10.2 Å². The van der Waals surface area contributed by atoms with Gasteiger partial charge >= 0.3 is 0 Å². The predicted molar refractivity (Wildman–Crippen MR) is 64.8 cm³/mol. The first-order valence-corrected chi connectivity index (χ1v) is 5.70. The molecule has 1 heterocycles. The summed E-state index contributed by atoms with van der Waals surface area (Å²) >= 11 is 0. The molecule has 3 nitrogen and oxygen atoms in total. The topological polar surface area (TPSA) is 32.3 Å². The van der Waals surface area contributed by atoms with Crippen molar-refractivity contribution < 1.29 is 4.79 Å². The Bertz CT molecular complexity index is 389. The van der Waals surface area contributed by atoms with Gasteiger partial charge in [-0.05, 0) is 20.0 Å².